The third-order valence-corrected chi connectivity index (χ3v) is 3.10. The normalized spacial score (nSPS) is 10.5. The number of amides is 1. The van der Waals surface area contributed by atoms with E-state index in [-0.39, 0.29) is 5.91 Å². The van der Waals surface area contributed by atoms with Crippen molar-refractivity contribution >= 4 is 17.5 Å². The van der Waals surface area contributed by atoms with Crippen molar-refractivity contribution in [2.24, 2.45) is 7.05 Å². The molecule has 0 aliphatic heterocycles. The van der Waals surface area contributed by atoms with E-state index >= 15 is 0 Å². The first-order valence-electron chi connectivity index (χ1n) is 7.10. The molecule has 6 heteroatoms. The molecular formula is C15H21N5O. The summed E-state index contributed by atoms with van der Waals surface area (Å²) in [7, 11) is 1.80. The van der Waals surface area contributed by atoms with E-state index in [0.717, 1.165) is 30.2 Å². The topological polar surface area (TPSA) is 71.8 Å². The van der Waals surface area contributed by atoms with Gasteiger partial charge in [0.15, 0.2) is 0 Å². The van der Waals surface area contributed by atoms with Crippen LogP contribution in [0.15, 0.2) is 18.2 Å². The first-order valence-corrected chi connectivity index (χ1v) is 7.10. The van der Waals surface area contributed by atoms with Gasteiger partial charge in [0.1, 0.15) is 11.6 Å². The van der Waals surface area contributed by atoms with Gasteiger partial charge in [-0.3, -0.25) is 9.48 Å². The minimum absolute atomic E-state index is 0.158. The minimum Gasteiger partial charge on any atom is -0.370 e. The number of hydrogen-bond donors (Lipinski definition) is 2. The van der Waals surface area contributed by atoms with Gasteiger partial charge in [0.25, 0.3) is 5.91 Å². The molecule has 112 valence electrons. The van der Waals surface area contributed by atoms with E-state index in [1.165, 1.54) is 0 Å². The van der Waals surface area contributed by atoms with Crippen molar-refractivity contribution in [3.63, 3.8) is 0 Å². The van der Waals surface area contributed by atoms with Crippen LogP contribution in [0.1, 0.15) is 35.6 Å². The van der Waals surface area contributed by atoms with Gasteiger partial charge in [-0.05, 0) is 32.4 Å². The lowest BCUT2D eigenvalue weighted by Crippen LogP contribution is -2.16. The fraction of sp³-hybridized carbons (Fsp3) is 0.400. The average molecular weight is 287 g/mol. The fourth-order valence-corrected chi connectivity index (χ4v) is 2.09. The Morgan fingerprint density at radius 1 is 1.29 bits per heavy atom. The van der Waals surface area contributed by atoms with Crippen molar-refractivity contribution in [2.75, 3.05) is 17.2 Å². The lowest BCUT2D eigenvalue weighted by Gasteiger charge is -2.09. The van der Waals surface area contributed by atoms with E-state index in [1.807, 2.05) is 32.9 Å². The van der Waals surface area contributed by atoms with Gasteiger partial charge >= 0.3 is 0 Å². The Hall–Kier alpha value is -2.37. The maximum atomic E-state index is 12.4. The van der Waals surface area contributed by atoms with Crippen LogP contribution >= 0.6 is 0 Å². The molecule has 0 spiro atoms. The zero-order valence-electron chi connectivity index (χ0n) is 12.9. The second kappa shape index (κ2) is 6.39. The maximum Gasteiger partial charge on any atom is 0.257 e. The third-order valence-electron chi connectivity index (χ3n) is 3.10. The molecule has 2 aromatic rings. The monoisotopic (exact) mass is 287 g/mol. The number of carbonyl (C=O) groups excluding carboxylic acids is 1. The Balaban J connectivity index is 2.25. The molecule has 2 rings (SSSR count). The second-order valence-electron chi connectivity index (χ2n) is 4.86. The number of nitrogens with zero attached hydrogens (tertiary/aromatic N) is 3. The minimum atomic E-state index is -0.158. The summed E-state index contributed by atoms with van der Waals surface area (Å²) in [5.74, 6) is 1.25. The lowest BCUT2D eigenvalue weighted by atomic mass is 10.2. The third kappa shape index (κ3) is 3.59. The van der Waals surface area contributed by atoms with Crippen LogP contribution in [0.4, 0.5) is 11.6 Å². The summed E-state index contributed by atoms with van der Waals surface area (Å²) in [6.07, 6.45) is 0.782. The molecule has 1 amide bonds. The highest BCUT2D eigenvalue weighted by Gasteiger charge is 2.12. The van der Waals surface area contributed by atoms with Gasteiger partial charge in [0.2, 0.25) is 0 Å². The first-order chi connectivity index (χ1) is 10.0. The van der Waals surface area contributed by atoms with Crippen molar-refractivity contribution in [3.05, 3.63) is 35.2 Å². The van der Waals surface area contributed by atoms with Crippen LogP contribution in [0.2, 0.25) is 0 Å². The largest absolute Gasteiger partial charge is 0.370 e. The van der Waals surface area contributed by atoms with Crippen LogP contribution in [0.5, 0.6) is 0 Å². The number of aryl methyl sites for hydroxylation is 3. The highest BCUT2D eigenvalue weighted by molar-refractivity contribution is 6.04. The van der Waals surface area contributed by atoms with Crippen LogP contribution in [-0.2, 0) is 13.5 Å². The Labute approximate surface area is 124 Å². The van der Waals surface area contributed by atoms with E-state index in [9.17, 15) is 4.79 Å². The molecular weight excluding hydrogens is 266 g/mol. The smallest absolute Gasteiger partial charge is 0.257 e. The number of hydrogen-bond acceptors (Lipinski definition) is 4. The summed E-state index contributed by atoms with van der Waals surface area (Å²) in [6, 6.07) is 5.42. The highest BCUT2D eigenvalue weighted by atomic mass is 16.1. The van der Waals surface area contributed by atoms with E-state index in [0.29, 0.717) is 11.4 Å². The van der Waals surface area contributed by atoms with E-state index < -0.39 is 0 Å². The molecule has 0 bridgehead atoms. The molecule has 6 nitrogen and oxygen atoms in total. The van der Waals surface area contributed by atoms with Crippen molar-refractivity contribution in [1.29, 1.82) is 0 Å². The van der Waals surface area contributed by atoms with Crippen LogP contribution in [0, 0.1) is 6.92 Å². The summed E-state index contributed by atoms with van der Waals surface area (Å²) >= 11 is 0. The molecule has 2 aromatic heterocycles. The van der Waals surface area contributed by atoms with Crippen LogP contribution in [0.3, 0.4) is 0 Å². The second-order valence-corrected chi connectivity index (χ2v) is 4.86. The molecule has 0 aliphatic carbocycles. The predicted octanol–water partition coefficient (Wildman–Crippen LogP) is 2.37. The molecule has 2 N–H and O–H groups in total. The van der Waals surface area contributed by atoms with Crippen molar-refractivity contribution in [3.8, 4) is 0 Å². The van der Waals surface area contributed by atoms with Crippen molar-refractivity contribution in [2.45, 2.75) is 27.2 Å². The zero-order valence-corrected chi connectivity index (χ0v) is 12.9. The van der Waals surface area contributed by atoms with Crippen molar-refractivity contribution in [1.82, 2.24) is 14.8 Å². The molecule has 0 saturated heterocycles. The molecule has 0 radical (unpaired) electrons. The molecule has 0 unspecified atom stereocenters. The maximum absolute atomic E-state index is 12.4. The lowest BCUT2D eigenvalue weighted by molar-refractivity contribution is 0.102. The zero-order chi connectivity index (χ0) is 15.4. The predicted molar refractivity (Wildman–Crippen MR) is 83.7 cm³/mol. The standard InChI is InChI=1S/C15H21N5O/c1-5-12-8-11(9-13(17-12)16-6-2)15(21)18-14-7-10(3)19-20(14)4/h7-9H,5-6H2,1-4H3,(H,16,17)(H,18,21). The highest BCUT2D eigenvalue weighted by Crippen LogP contribution is 2.14. The molecule has 21 heavy (non-hydrogen) atoms. The van der Waals surface area contributed by atoms with Gasteiger partial charge in [-0.2, -0.15) is 5.10 Å². The van der Waals surface area contributed by atoms with Gasteiger partial charge in [-0.15, -0.1) is 0 Å². The average Bonchev–Trinajstić information content (AvgIpc) is 2.76. The number of carbonyl (C=O) groups is 1. The molecule has 2 heterocycles. The summed E-state index contributed by atoms with van der Waals surface area (Å²) in [5.41, 5.74) is 2.35. The number of pyridine rings is 1. The Bertz CT molecular complexity index is 648. The Kier molecular flexibility index (Phi) is 4.57. The quantitative estimate of drug-likeness (QED) is 0.885. The van der Waals surface area contributed by atoms with Crippen LogP contribution in [0.25, 0.3) is 0 Å². The van der Waals surface area contributed by atoms with E-state index in [1.54, 1.807) is 17.8 Å². The summed E-state index contributed by atoms with van der Waals surface area (Å²) in [5, 5.41) is 10.2. The van der Waals surface area contributed by atoms with Crippen LogP contribution < -0.4 is 10.6 Å². The van der Waals surface area contributed by atoms with Crippen LogP contribution in [-0.4, -0.2) is 27.2 Å². The number of nitrogens with one attached hydrogen (secondary N) is 2. The molecule has 0 fully saturated rings. The molecule has 0 atom stereocenters. The van der Waals surface area contributed by atoms with Gasteiger partial charge in [0, 0.05) is 30.9 Å². The summed E-state index contributed by atoms with van der Waals surface area (Å²) < 4.78 is 1.65. The van der Waals surface area contributed by atoms with E-state index in [4.69, 9.17) is 0 Å². The molecule has 0 saturated carbocycles. The van der Waals surface area contributed by atoms with Gasteiger partial charge in [0.05, 0.1) is 5.69 Å². The van der Waals surface area contributed by atoms with Gasteiger partial charge < -0.3 is 10.6 Å². The summed E-state index contributed by atoms with van der Waals surface area (Å²) in [6.45, 7) is 6.67. The number of rotatable bonds is 5. The SMILES string of the molecule is CCNc1cc(C(=O)Nc2cc(C)nn2C)cc(CC)n1. The van der Waals surface area contributed by atoms with Gasteiger partial charge in [-0.1, -0.05) is 6.92 Å². The number of aromatic nitrogens is 3. The Morgan fingerprint density at radius 2 is 2.05 bits per heavy atom. The fourth-order valence-electron chi connectivity index (χ4n) is 2.09. The summed E-state index contributed by atoms with van der Waals surface area (Å²) in [4.78, 5) is 16.8. The number of anilines is 2. The van der Waals surface area contributed by atoms with Gasteiger partial charge in [-0.25, -0.2) is 4.98 Å². The first kappa shape index (κ1) is 15.0. The molecule has 0 aromatic carbocycles. The van der Waals surface area contributed by atoms with E-state index in [2.05, 4.69) is 20.7 Å². The van der Waals surface area contributed by atoms with Crippen molar-refractivity contribution < 1.29 is 4.79 Å². The molecule has 0 aliphatic rings. The Morgan fingerprint density at radius 3 is 2.62 bits per heavy atom.